The van der Waals surface area contributed by atoms with Gasteiger partial charge in [0.2, 0.25) is 0 Å². The maximum Gasteiger partial charge on any atom is 0.292 e. The Morgan fingerprint density at radius 1 is 1.25 bits per heavy atom. The van der Waals surface area contributed by atoms with Crippen molar-refractivity contribution in [1.29, 1.82) is 0 Å². The van der Waals surface area contributed by atoms with Crippen molar-refractivity contribution in [3.63, 3.8) is 0 Å². The predicted octanol–water partition coefficient (Wildman–Crippen LogP) is 3.03. The number of imidazole rings is 1. The molecule has 0 atom stereocenters. The molecule has 1 heterocycles. The topological polar surface area (TPSA) is 97.8 Å². The number of nitro groups is 1. The first kappa shape index (κ1) is 12.2. The van der Waals surface area contributed by atoms with Gasteiger partial charge in [0, 0.05) is 11.6 Å². The van der Waals surface area contributed by atoms with Gasteiger partial charge in [-0.3, -0.25) is 10.1 Å². The summed E-state index contributed by atoms with van der Waals surface area (Å²) in [5.41, 5.74) is 9.11. The number of hydrogen-bond donors (Lipinski definition) is 2. The molecule has 3 aromatic rings. The van der Waals surface area contributed by atoms with Crippen LogP contribution in [-0.4, -0.2) is 14.9 Å². The van der Waals surface area contributed by atoms with Gasteiger partial charge in [0.15, 0.2) is 0 Å². The number of nitrogens with two attached hydrogens (primary N) is 1. The second-order valence-corrected chi connectivity index (χ2v) is 4.64. The van der Waals surface area contributed by atoms with Crippen LogP contribution < -0.4 is 5.73 Å². The van der Waals surface area contributed by atoms with Crippen molar-refractivity contribution in [2.24, 2.45) is 0 Å². The first-order valence-electron chi connectivity index (χ1n) is 6.05. The number of aromatic nitrogens is 2. The summed E-state index contributed by atoms with van der Waals surface area (Å²) >= 11 is 0. The van der Waals surface area contributed by atoms with Crippen molar-refractivity contribution in [3.05, 3.63) is 52.1 Å². The van der Waals surface area contributed by atoms with Crippen LogP contribution in [0.15, 0.2) is 36.4 Å². The van der Waals surface area contributed by atoms with Gasteiger partial charge in [-0.2, -0.15) is 0 Å². The van der Waals surface area contributed by atoms with Crippen molar-refractivity contribution in [3.8, 4) is 11.4 Å². The molecule has 0 aliphatic carbocycles. The summed E-state index contributed by atoms with van der Waals surface area (Å²) in [6, 6.07) is 10.5. The molecule has 0 saturated heterocycles. The van der Waals surface area contributed by atoms with Gasteiger partial charge in [-0.1, -0.05) is 6.07 Å². The largest absolute Gasteiger partial charge is 0.393 e. The number of benzene rings is 2. The monoisotopic (exact) mass is 268 g/mol. The molecule has 0 bridgehead atoms. The van der Waals surface area contributed by atoms with Crippen molar-refractivity contribution in [2.45, 2.75) is 6.92 Å². The van der Waals surface area contributed by atoms with Gasteiger partial charge in [0.05, 0.1) is 16.0 Å². The molecule has 0 aliphatic heterocycles. The highest BCUT2D eigenvalue weighted by molar-refractivity contribution is 5.81. The molecular formula is C14H12N4O2. The number of nitro benzene ring substituents is 1. The number of anilines is 1. The lowest BCUT2D eigenvalue weighted by atomic mass is 10.1. The van der Waals surface area contributed by atoms with Crippen LogP contribution in [0.3, 0.4) is 0 Å². The third kappa shape index (κ3) is 1.97. The number of nitrogens with zero attached hydrogens (tertiary/aromatic N) is 2. The zero-order valence-corrected chi connectivity index (χ0v) is 10.8. The molecule has 0 spiro atoms. The number of aryl methyl sites for hydroxylation is 1. The highest BCUT2D eigenvalue weighted by Crippen LogP contribution is 2.28. The van der Waals surface area contributed by atoms with Gasteiger partial charge in [-0.05, 0) is 36.8 Å². The Morgan fingerprint density at radius 2 is 2.05 bits per heavy atom. The number of nitrogens with one attached hydrogen (secondary N) is 1. The van der Waals surface area contributed by atoms with Crippen LogP contribution in [0.4, 0.5) is 11.4 Å². The van der Waals surface area contributed by atoms with E-state index in [1.54, 1.807) is 6.07 Å². The normalized spacial score (nSPS) is 10.8. The van der Waals surface area contributed by atoms with Gasteiger partial charge in [-0.25, -0.2) is 4.98 Å². The van der Waals surface area contributed by atoms with E-state index in [1.807, 2.05) is 25.1 Å². The second kappa shape index (κ2) is 4.34. The summed E-state index contributed by atoms with van der Waals surface area (Å²) in [5.74, 6) is 0.591. The molecule has 3 rings (SSSR count). The number of rotatable bonds is 2. The standard InChI is InChI=1S/C14H12N4O2/c1-8-2-5-11-12(6-8)17-14(16-11)9-3-4-10(15)13(7-9)18(19)20/h2-7H,15H2,1H3,(H,16,17). The summed E-state index contributed by atoms with van der Waals surface area (Å²) in [6.07, 6.45) is 0. The fourth-order valence-corrected chi connectivity index (χ4v) is 2.11. The number of nitrogen functional groups attached to an aromatic ring is 1. The molecule has 0 unspecified atom stereocenters. The molecule has 0 amide bonds. The third-order valence-corrected chi connectivity index (χ3v) is 3.14. The Bertz CT molecular complexity index is 823. The van der Waals surface area contributed by atoms with Crippen LogP contribution in [-0.2, 0) is 0 Å². The van der Waals surface area contributed by atoms with E-state index < -0.39 is 4.92 Å². The summed E-state index contributed by atoms with van der Waals surface area (Å²) in [4.78, 5) is 18.0. The molecule has 2 aromatic carbocycles. The van der Waals surface area contributed by atoms with Crippen molar-refractivity contribution in [2.75, 3.05) is 5.73 Å². The zero-order valence-electron chi connectivity index (χ0n) is 10.8. The maximum atomic E-state index is 10.9. The highest BCUT2D eigenvalue weighted by atomic mass is 16.6. The third-order valence-electron chi connectivity index (χ3n) is 3.14. The molecule has 3 N–H and O–H groups in total. The Hall–Kier alpha value is -2.89. The lowest BCUT2D eigenvalue weighted by molar-refractivity contribution is -0.383. The fourth-order valence-electron chi connectivity index (χ4n) is 2.11. The van der Waals surface area contributed by atoms with Gasteiger partial charge >= 0.3 is 0 Å². The molecule has 6 heteroatoms. The minimum Gasteiger partial charge on any atom is -0.393 e. The smallest absolute Gasteiger partial charge is 0.292 e. The highest BCUT2D eigenvalue weighted by Gasteiger charge is 2.14. The first-order valence-corrected chi connectivity index (χ1v) is 6.05. The Kier molecular flexibility index (Phi) is 2.64. The van der Waals surface area contributed by atoms with Gasteiger partial charge < -0.3 is 10.7 Å². The zero-order chi connectivity index (χ0) is 14.3. The second-order valence-electron chi connectivity index (χ2n) is 4.64. The quantitative estimate of drug-likeness (QED) is 0.424. The molecule has 0 aliphatic rings. The average Bonchev–Trinajstić information content (AvgIpc) is 2.81. The lowest BCUT2D eigenvalue weighted by Gasteiger charge is -1.99. The number of aromatic amines is 1. The SMILES string of the molecule is Cc1ccc2nc(-c3ccc(N)c([N+](=O)[O-])c3)[nH]c2c1. The summed E-state index contributed by atoms with van der Waals surface area (Å²) < 4.78 is 0. The van der Waals surface area contributed by atoms with Crippen LogP contribution in [0.5, 0.6) is 0 Å². The molecular weight excluding hydrogens is 256 g/mol. The summed E-state index contributed by atoms with van der Waals surface area (Å²) in [6.45, 7) is 1.99. The minimum absolute atomic E-state index is 0.112. The van der Waals surface area contributed by atoms with Crippen LogP contribution in [0.2, 0.25) is 0 Å². The molecule has 1 aromatic heterocycles. The number of hydrogen-bond acceptors (Lipinski definition) is 4. The summed E-state index contributed by atoms with van der Waals surface area (Å²) in [7, 11) is 0. The van der Waals surface area contributed by atoms with Crippen LogP contribution >= 0.6 is 0 Å². The van der Waals surface area contributed by atoms with E-state index in [0.29, 0.717) is 11.4 Å². The van der Waals surface area contributed by atoms with Crippen molar-refractivity contribution >= 4 is 22.4 Å². The van der Waals surface area contributed by atoms with E-state index in [9.17, 15) is 10.1 Å². The minimum atomic E-state index is -0.494. The van der Waals surface area contributed by atoms with Crippen LogP contribution in [0.25, 0.3) is 22.4 Å². The molecule has 6 nitrogen and oxygen atoms in total. The number of fused-ring (bicyclic) bond motifs is 1. The molecule has 0 fully saturated rings. The first-order chi connectivity index (χ1) is 9.54. The summed E-state index contributed by atoms with van der Waals surface area (Å²) in [5, 5.41) is 10.9. The van der Waals surface area contributed by atoms with Gasteiger partial charge in [-0.15, -0.1) is 0 Å². The maximum absolute atomic E-state index is 10.9. The molecule has 0 radical (unpaired) electrons. The van der Waals surface area contributed by atoms with E-state index >= 15 is 0 Å². The van der Waals surface area contributed by atoms with E-state index in [-0.39, 0.29) is 11.4 Å². The average molecular weight is 268 g/mol. The van der Waals surface area contributed by atoms with Gasteiger partial charge in [0.25, 0.3) is 5.69 Å². The van der Waals surface area contributed by atoms with E-state index in [2.05, 4.69) is 9.97 Å². The van der Waals surface area contributed by atoms with E-state index in [4.69, 9.17) is 5.73 Å². The van der Waals surface area contributed by atoms with E-state index in [1.165, 1.54) is 12.1 Å². The Morgan fingerprint density at radius 3 is 2.80 bits per heavy atom. The molecule has 0 saturated carbocycles. The number of H-pyrrole nitrogens is 1. The van der Waals surface area contributed by atoms with Gasteiger partial charge in [0.1, 0.15) is 11.5 Å². The predicted molar refractivity (Wildman–Crippen MR) is 77.3 cm³/mol. The fraction of sp³-hybridized carbons (Fsp3) is 0.0714. The van der Waals surface area contributed by atoms with Crippen LogP contribution in [0.1, 0.15) is 5.56 Å². The molecule has 100 valence electrons. The van der Waals surface area contributed by atoms with E-state index in [0.717, 1.165) is 16.6 Å². The van der Waals surface area contributed by atoms with Crippen LogP contribution in [0, 0.1) is 17.0 Å². The Balaban J connectivity index is 2.15. The lowest BCUT2D eigenvalue weighted by Crippen LogP contribution is -1.96. The molecule has 20 heavy (non-hydrogen) atoms. The van der Waals surface area contributed by atoms with Crippen molar-refractivity contribution in [1.82, 2.24) is 9.97 Å². The Labute approximate surface area is 114 Å². The van der Waals surface area contributed by atoms with Crippen molar-refractivity contribution < 1.29 is 4.92 Å².